The minimum Gasteiger partial charge on any atom is -0.495 e. The fraction of sp³-hybridized carbons (Fsp3) is 0.564. The summed E-state index contributed by atoms with van der Waals surface area (Å²) in [6.45, 7) is 8.06. The van der Waals surface area contributed by atoms with Crippen molar-refractivity contribution < 1.29 is 62.0 Å². The first-order valence-electron chi connectivity index (χ1n) is 25.6. The highest BCUT2D eigenvalue weighted by molar-refractivity contribution is 7.99. The van der Waals surface area contributed by atoms with Gasteiger partial charge in [0.05, 0.1) is 43.2 Å². The van der Waals surface area contributed by atoms with Crippen molar-refractivity contribution >= 4 is 77.3 Å². The molecule has 4 bridgehead atoms. The standard InChI is InChI=1S/C55H72ClN5O13S/c1-32-10-9-11-43(70-7)41-26-44(72-54(69)59-41)33(2)51-55(4,74-51)46(27-49(66)61(6)42-24-37(22-32)25-45(71-8)50(42)56)73-53(68)34(3)60(5)48(65)19-21-75-31-47(64)58-28-36-13-15-38(16-14-36)52(67)57-20-18-35-12-17-39(29-62)40(23-35)30-63/h9-12,17,23-25,29-30,33-34,36,38,41,43-44,46,51H,13-16,18-22,26-28,31H2,1-8H3,(H,57,67)(H,58,64)(H,59,69)/b11-9-,32-10+/t33-,34+,36-,38-,41?,43-,44+,46-,51?,55+/m1/s1. The van der Waals surface area contributed by atoms with Crippen LogP contribution in [0.5, 0.6) is 5.75 Å². The van der Waals surface area contributed by atoms with E-state index in [2.05, 4.69) is 16.0 Å². The van der Waals surface area contributed by atoms with Gasteiger partial charge in [-0.05, 0) is 94.5 Å². The Kier molecular flexibility index (Phi) is 20.9. The van der Waals surface area contributed by atoms with Crippen LogP contribution in [-0.2, 0) is 55.8 Å². The monoisotopic (exact) mass is 1080 g/mol. The number of carbonyl (C=O) groups excluding carboxylic acids is 8. The summed E-state index contributed by atoms with van der Waals surface area (Å²) in [4.78, 5) is 106. The number of allylic oxidation sites excluding steroid dienone is 3. The van der Waals surface area contributed by atoms with Gasteiger partial charge in [-0.1, -0.05) is 54.5 Å². The van der Waals surface area contributed by atoms with Gasteiger partial charge in [0.25, 0.3) is 0 Å². The SMILES string of the molecule is COc1cc2cc(c1Cl)N(C)C(=O)C[C@@H](OC(=O)[C@H](C)N(C)C(=O)CCSCC(=O)NC[C@H]1CC[C@H](C(=O)NCCc3ccc(C=O)c(C=O)c3)CC1)[C@]1(C)OC1[C@H](C)[C@@H]1CC(NC(=O)O1)[C@H](OC)/C=C\C=C(/C)C2. The minimum atomic E-state index is -1.19. The van der Waals surface area contributed by atoms with Crippen molar-refractivity contribution in [1.82, 2.24) is 20.9 Å². The van der Waals surface area contributed by atoms with E-state index >= 15 is 0 Å². The number of nitrogens with zero attached hydrogens (tertiary/aromatic N) is 2. The van der Waals surface area contributed by atoms with Crippen LogP contribution in [0.4, 0.5) is 10.5 Å². The maximum atomic E-state index is 14.3. The molecule has 8 atom stereocenters. The number of thioether (sulfide) groups is 1. The number of esters is 1. The molecule has 3 N–H and O–H groups in total. The van der Waals surface area contributed by atoms with Gasteiger partial charge in [0.15, 0.2) is 12.6 Å². The van der Waals surface area contributed by atoms with Crippen LogP contribution in [0.1, 0.15) is 104 Å². The van der Waals surface area contributed by atoms with Crippen LogP contribution in [0.15, 0.2) is 54.1 Å². The Morgan fingerprint density at radius 3 is 2.48 bits per heavy atom. The Morgan fingerprint density at radius 2 is 1.79 bits per heavy atom. The summed E-state index contributed by atoms with van der Waals surface area (Å²) >= 11 is 8.13. The molecule has 3 heterocycles. The number of hydrogen-bond acceptors (Lipinski definition) is 14. The van der Waals surface area contributed by atoms with Gasteiger partial charge < -0.3 is 49.4 Å². The lowest BCUT2D eigenvalue weighted by Crippen LogP contribution is -2.53. The predicted molar refractivity (Wildman–Crippen MR) is 284 cm³/mol. The molecule has 2 saturated heterocycles. The molecule has 18 nitrogen and oxygen atoms in total. The molecule has 3 aliphatic heterocycles. The van der Waals surface area contributed by atoms with Crippen LogP contribution >= 0.6 is 23.4 Å². The van der Waals surface area contributed by atoms with E-state index < -0.39 is 66.0 Å². The fourth-order valence-electron chi connectivity index (χ4n) is 10.1. The van der Waals surface area contributed by atoms with Gasteiger partial charge in [-0.3, -0.25) is 28.8 Å². The van der Waals surface area contributed by atoms with E-state index in [1.54, 1.807) is 46.2 Å². The summed E-state index contributed by atoms with van der Waals surface area (Å²) in [5.74, 6) is -1.15. The van der Waals surface area contributed by atoms with E-state index in [1.165, 1.54) is 35.7 Å². The zero-order chi connectivity index (χ0) is 54.6. The number of carbonyl (C=O) groups is 8. The van der Waals surface area contributed by atoms with E-state index in [4.69, 9.17) is 35.3 Å². The molecule has 5 amide bonds. The molecule has 3 fully saturated rings. The van der Waals surface area contributed by atoms with Gasteiger partial charge in [-0.15, -0.1) is 0 Å². The number of nitrogens with one attached hydrogen (secondary N) is 3. The molecule has 6 rings (SSSR count). The van der Waals surface area contributed by atoms with Gasteiger partial charge in [0.1, 0.15) is 34.6 Å². The number of ether oxygens (including phenoxy) is 5. The van der Waals surface area contributed by atoms with Crippen LogP contribution < -0.4 is 25.6 Å². The average Bonchev–Trinajstić information content (AvgIpc) is 4.10. The molecule has 408 valence electrons. The van der Waals surface area contributed by atoms with E-state index in [9.17, 15) is 38.4 Å². The molecular weight excluding hydrogens is 1010 g/mol. The number of halogens is 1. The Balaban J connectivity index is 1.00. The second kappa shape index (κ2) is 26.8. The molecule has 1 aliphatic carbocycles. The zero-order valence-corrected chi connectivity index (χ0v) is 45.7. The molecule has 20 heteroatoms. The summed E-state index contributed by atoms with van der Waals surface area (Å²) in [5, 5.41) is 9.08. The number of methoxy groups -OCH3 is 2. The number of aldehydes is 2. The zero-order valence-electron chi connectivity index (χ0n) is 44.1. The van der Waals surface area contributed by atoms with E-state index in [-0.39, 0.29) is 53.2 Å². The molecule has 2 unspecified atom stereocenters. The molecule has 0 aromatic heterocycles. The Labute approximate surface area is 448 Å². The predicted octanol–water partition coefficient (Wildman–Crippen LogP) is 6.22. The summed E-state index contributed by atoms with van der Waals surface area (Å²) in [6.07, 6.45) is 7.72. The third kappa shape index (κ3) is 15.2. The summed E-state index contributed by atoms with van der Waals surface area (Å²) in [6, 6.07) is 7.18. The second-order valence-electron chi connectivity index (χ2n) is 20.2. The molecular formula is C55H72ClN5O13S. The Morgan fingerprint density at radius 1 is 1.05 bits per heavy atom. The minimum absolute atomic E-state index is 0.0159. The largest absolute Gasteiger partial charge is 0.495 e. The average molecular weight is 1080 g/mol. The lowest BCUT2D eigenvalue weighted by molar-refractivity contribution is -0.162. The summed E-state index contributed by atoms with van der Waals surface area (Å²) in [7, 11) is 6.15. The molecule has 1 saturated carbocycles. The highest BCUT2D eigenvalue weighted by Gasteiger charge is 2.64. The number of likely N-dealkylation sites (N-methyl/N-ethyl adjacent to an activating group) is 1. The number of fused-ring (bicyclic) bond motifs is 5. The number of anilines is 1. The van der Waals surface area contributed by atoms with Gasteiger partial charge in [0.2, 0.25) is 23.6 Å². The van der Waals surface area contributed by atoms with Gasteiger partial charge in [0, 0.05) is 75.9 Å². The maximum absolute atomic E-state index is 14.3. The van der Waals surface area contributed by atoms with E-state index in [0.29, 0.717) is 86.1 Å². The van der Waals surface area contributed by atoms with Crippen LogP contribution in [0.25, 0.3) is 0 Å². The first-order valence-corrected chi connectivity index (χ1v) is 27.1. The Bertz CT molecular complexity index is 2500. The normalized spacial score (nSPS) is 27.4. The second-order valence-corrected chi connectivity index (χ2v) is 21.7. The highest BCUT2D eigenvalue weighted by Crippen LogP contribution is 2.49. The molecule has 75 heavy (non-hydrogen) atoms. The van der Waals surface area contributed by atoms with Crippen LogP contribution in [0, 0.1) is 17.8 Å². The van der Waals surface area contributed by atoms with Gasteiger partial charge in [-0.25, -0.2) is 9.59 Å². The van der Waals surface area contributed by atoms with Crippen LogP contribution in [0.2, 0.25) is 5.02 Å². The van der Waals surface area contributed by atoms with Crippen molar-refractivity contribution in [3.63, 3.8) is 0 Å². The van der Waals surface area contributed by atoms with Gasteiger partial charge >= 0.3 is 12.1 Å². The highest BCUT2D eigenvalue weighted by atomic mass is 35.5. The number of epoxide rings is 1. The Hall–Kier alpha value is -5.76. The lowest BCUT2D eigenvalue weighted by atomic mass is 9.81. The molecule has 2 aromatic carbocycles. The first kappa shape index (κ1) is 58.5. The third-order valence-electron chi connectivity index (χ3n) is 15.1. The van der Waals surface area contributed by atoms with E-state index in [1.807, 2.05) is 44.2 Å². The van der Waals surface area contributed by atoms with Crippen molar-refractivity contribution in [3.05, 3.63) is 81.4 Å². The maximum Gasteiger partial charge on any atom is 0.407 e. The number of alkyl carbamates (subject to hydrolysis) is 1. The number of benzene rings is 2. The topological polar surface area (TPSA) is 229 Å². The van der Waals surface area contributed by atoms with Crippen molar-refractivity contribution in [2.75, 3.05) is 57.8 Å². The van der Waals surface area contributed by atoms with E-state index in [0.717, 1.165) is 29.5 Å². The molecule has 2 aromatic rings. The van der Waals surface area contributed by atoms with Crippen molar-refractivity contribution in [2.24, 2.45) is 17.8 Å². The van der Waals surface area contributed by atoms with Crippen molar-refractivity contribution in [3.8, 4) is 5.75 Å². The number of hydrogen-bond donors (Lipinski definition) is 3. The summed E-state index contributed by atoms with van der Waals surface area (Å²) in [5.41, 5.74) is 2.52. The molecule has 0 spiro atoms. The molecule has 4 aliphatic rings. The van der Waals surface area contributed by atoms with Crippen molar-refractivity contribution in [2.45, 2.75) is 128 Å². The quantitative estimate of drug-likeness (QED) is 0.0652. The first-order chi connectivity index (χ1) is 35.8. The van der Waals surface area contributed by atoms with Gasteiger partial charge in [-0.2, -0.15) is 11.8 Å². The summed E-state index contributed by atoms with van der Waals surface area (Å²) < 4.78 is 29.8. The third-order valence-corrected chi connectivity index (χ3v) is 16.4. The smallest absolute Gasteiger partial charge is 0.407 e. The fourth-order valence-corrected chi connectivity index (χ4v) is 11.1. The lowest BCUT2D eigenvalue weighted by Gasteiger charge is -2.36. The van der Waals surface area contributed by atoms with Crippen LogP contribution in [0.3, 0.4) is 0 Å². The number of rotatable bonds is 18. The molecule has 0 radical (unpaired) electrons. The number of amides is 5. The van der Waals surface area contributed by atoms with Crippen LogP contribution in [-0.4, -0.2) is 148 Å². The van der Waals surface area contributed by atoms with Crippen molar-refractivity contribution in [1.29, 1.82) is 0 Å².